The molecule has 1 unspecified atom stereocenters. The standard InChI is InChI=1S/C27H33ClFN5O3/c1-4-9-34-17-6-8-21(34)25(35)23(11-17)37-22-10-16(29)5-7-18(22)27(36)33-12-19(20(30)13-33)26-31-14(2)24(28)15(3)32-26/h5,7,10,17,21,23,25,35H,4,6,8-9,11-13,30H2,1-3H3/t17-,21+,23+,25?/m0/s1. The maximum Gasteiger partial charge on any atom is 0.258 e. The summed E-state index contributed by atoms with van der Waals surface area (Å²) in [5.74, 6) is -0.261. The predicted molar refractivity (Wildman–Crippen MR) is 139 cm³/mol. The number of ether oxygens (including phenoxy) is 1. The molecule has 1 aromatic heterocycles. The van der Waals surface area contributed by atoms with Crippen molar-refractivity contribution in [2.24, 2.45) is 5.73 Å². The number of aliphatic hydroxyl groups is 1. The molecule has 5 rings (SSSR count). The van der Waals surface area contributed by atoms with Crippen molar-refractivity contribution in [2.45, 2.75) is 70.7 Å². The van der Waals surface area contributed by atoms with E-state index in [4.69, 9.17) is 22.1 Å². The number of nitrogens with zero attached hydrogens (tertiary/aromatic N) is 4. The molecule has 0 spiro atoms. The average molecular weight is 530 g/mol. The van der Waals surface area contributed by atoms with Gasteiger partial charge in [-0.25, -0.2) is 14.4 Å². The van der Waals surface area contributed by atoms with Crippen LogP contribution in [0.3, 0.4) is 0 Å². The number of aryl methyl sites for hydroxylation is 2. The van der Waals surface area contributed by atoms with Crippen molar-refractivity contribution in [1.82, 2.24) is 19.8 Å². The largest absolute Gasteiger partial charge is 0.487 e. The van der Waals surface area contributed by atoms with Crippen molar-refractivity contribution in [3.63, 3.8) is 0 Å². The normalized spacial score (nSPS) is 25.7. The molecule has 37 heavy (non-hydrogen) atoms. The Hall–Kier alpha value is -2.75. The molecule has 1 aromatic carbocycles. The third-order valence-electron chi connectivity index (χ3n) is 7.74. The van der Waals surface area contributed by atoms with Crippen molar-refractivity contribution in [2.75, 3.05) is 19.6 Å². The molecule has 0 aliphatic carbocycles. The monoisotopic (exact) mass is 529 g/mol. The number of nitrogens with two attached hydrogens (primary N) is 1. The molecule has 3 aliphatic rings. The van der Waals surface area contributed by atoms with E-state index < -0.39 is 18.0 Å². The lowest BCUT2D eigenvalue weighted by atomic mass is 9.96. The number of carbonyl (C=O) groups is 1. The third-order valence-corrected chi connectivity index (χ3v) is 8.29. The van der Waals surface area contributed by atoms with Gasteiger partial charge in [-0.05, 0) is 51.8 Å². The molecule has 3 N–H and O–H groups in total. The van der Waals surface area contributed by atoms with Gasteiger partial charge >= 0.3 is 0 Å². The Labute approximate surface area is 221 Å². The molecule has 0 saturated carbocycles. The van der Waals surface area contributed by atoms with Crippen molar-refractivity contribution >= 4 is 23.1 Å². The van der Waals surface area contributed by atoms with Crippen molar-refractivity contribution in [3.05, 3.63) is 57.5 Å². The zero-order valence-corrected chi connectivity index (χ0v) is 22.1. The summed E-state index contributed by atoms with van der Waals surface area (Å²) < 4.78 is 20.5. The number of aliphatic hydroxyl groups excluding tert-OH is 1. The molecule has 4 heterocycles. The van der Waals surface area contributed by atoms with Crippen LogP contribution in [-0.4, -0.2) is 74.7 Å². The summed E-state index contributed by atoms with van der Waals surface area (Å²) >= 11 is 6.22. The first-order valence-electron chi connectivity index (χ1n) is 12.9. The van der Waals surface area contributed by atoms with Crippen LogP contribution < -0.4 is 10.5 Å². The predicted octanol–water partition coefficient (Wildman–Crippen LogP) is 3.47. The Morgan fingerprint density at radius 3 is 2.68 bits per heavy atom. The minimum absolute atomic E-state index is 0.0211. The number of carbonyl (C=O) groups excluding carboxylic acids is 1. The van der Waals surface area contributed by atoms with Gasteiger partial charge in [-0.2, -0.15) is 0 Å². The van der Waals surface area contributed by atoms with E-state index in [1.165, 1.54) is 18.2 Å². The van der Waals surface area contributed by atoms with E-state index in [0.29, 0.717) is 46.0 Å². The molecule has 4 atom stereocenters. The molecule has 0 radical (unpaired) electrons. The maximum atomic E-state index is 14.3. The van der Waals surface area contributed by atoms with Crippen LogP contribution in [0.5, 0.6) is 5.75 Å². The van der Waals surface area contributed by atoms with Crippen LogP contribution in [0.25, 0.3) is 5.57 Å². The van der Waals surface area contributed by atoms with E-state index in [-0.39, 0.29) is 36.4 Å². The molecule has 198 valence electrons. The fraction of sp³-hybridized carbons (Fsp3) is 0.519. The number of amides is 1. The highest BCUT2D eigenvalue weighted by atomic mass is 35.5. The van der Waals surface area contributed by atoms with E-state index in [2.05, 4.69) is 21.8 Å². The molecule has 2 aromatic rings. The van der Waals surface area contributed by atoms with E-state index in [0.717, 1.165) is 25.8 Å². The topological polar surface area (TPSA) is 105 Å². The Morgan fingerprint density at radius 1 is 1.24 bits per heavy atom. The van der Waals surface area contributed by atoms with Gasteiger partial charge in [0, 0.05) is 35.8 Å². The molecule has 3 aliphatic heterocycles. The number of hydrogen-bond acceptors (Lipinski definition) is 7. The first-order chi connectivity index (χ1) is 17.7. The number of hydrogen-bond donors (Lipinski definition) is 2. The molecule has 2 bridgehead atoms. The first-order valence-corrected chi connectivity index (χ1v) is 13.2. The number of piperidine rings is 1. The lowest BCUT2D eigenvalue weighted by Gasteiger charge is -2.42. The summed E-state index contributed by atoms with van der Waals surface area (Å²) in [5, 5.41) is 11.6. The lowest BCUT2D eigenvalue weighted by Crippen LogP contribution is -2.56. The fourth-order valence-corrected chi connectivity index (χ4v) is 6.00. The van der Waals surface area contributed by atoms with Gasteiger partial charge in [-0.3, -0.25) is 9.69 Å². The van der Waals surface area contributed by atoms with Gasteiger partial charge in [0.25, 0.3) is 5.91 Å². The highest BCUT2D eigenvalue weighted by Crippen LogP contribution is 2.38. The molecule has 2 saturated heterocycles. The summed E-state index contributed by atoms with van der Waals surface area (Å²) in [6, 6.07) is 4.24. The Bertz CT molecular complexity index is 1230. The van der Waals surface area contributed by atoms with Crippen LogP contribution in [-0.2, 0) is 0 Å². The van der Waals surface area contributed by atoms with Crippen LogP contribution in [0.2, 0.25) is 5.02 Å². The lowest BCUT2D eigenvalue weighted by molar-refractivity contribution is -0.0642. The van der Waals surface area contributed by atoms with Gasteiger partial charge in [-0.1, -0.05) is 18.5 Å². The second-order valence-electron chi connectivity index (χ2n) is 10.3. The first kappa shape index (κ1) is 25.9. The minimum atomic E-state index is -0.708. The highest BCUT2D eigenvalue weighted by Gasteiger charge is 2.47. The van der Waals surface area contributed by atoms with Gasteiger partial charge in [0.1, 0.15) is 23.8 Å². The molecular weight excluding hydrogens is 497 g/mol. The van der Waals surface area contributed by atoms with E-state index in [1.807, 2.05) is 0 Å². The number of halogens is 2. The van der Waals surface area contributed by atoms with Crippen LogP contribution in [0.4, 0.5) is 4.39 Å². The second-order valence-corrected chi connectivity index (χ2v) is 10.6. The summed E-state index contributed by atoms with van der Waals surface area (Å²) in [4.78, 5) is 26.5. The van der Waals surface area contributed by atoms with Crippen LogP contribution >= 0.6 is 11.6 Å². The average Bonchev–Trinajstić information content (AvgIpc) is 3.40. The zero-order chi connectivity index (χ0) is 26.4. The molecule has 8 nitrogen and oxygen atoms in total. The maximum absolute atomic E-state index is 14.3. The Morgan fingerprint density at radius 2 is 1.97 bits per heavy atom. The second kappa shape index (κ2) is 10.2. The minimum Gasteiger partial charge on any atom is -0.487 e. The van der Waals surface area contributed by atoms with Gasteiger partial charge in [0.15, 0.2) is 5.82 Å². The molecule has 10 heteroatoms. The van der Waals surface area contributed by atoms with Crippen LogP contribution in [0, 0.1) is 19.7 Å². The van der Waals surface area contributed by atoms with Gasteiger partial charge in [0.05, 0.1) is 35.1 Å². The van der Waals surface area contributed by atoms with Gasteiger partial charge in [-0.15, -0.1) is 0 Å². The smallest absolute Gasteiger partial charge is 0.258 e. The van der Waals surface area contributed by atoms with E-state index >= 15 is 0 Å². The fourth-order valence-electron chi connectivity index (χ4n) is 5.91. The molecular formula is C27H33ClFN5O3. The van der Waals surface area contributed by atoms with Crippen LogP contribution in [0.1, 0.15) is 60.2 Å². The SMILES string of the molecule is CCCN1[C@H]2CC[C@@H]1C(O)[C@H](Oc1cc(F)ccc1C(=O)N1CC(N)=C(c3nc(C)c(Cl)c(C)n3)C1)C2. The van der Waals surface area contributed by atoms with Gasteiger partial charge in [0.2, 0.25) is 0 Å². The highest BCUT2D eigenvalue weighted by molar-refractivity contribution is 6.31. The molecule has 1 amide bonds. The number of rotatable bonds is 6. The number of aromatic nitrogens is 2. The van der Waals surface area contributed by atoms with Crippen LogP contribution in [0.15, 0.2) is 23.9 Å². The molecule has 2 fully saturated rings. The summed E-state index contributed by atoms with van der Waals surface area (Å²) in [6.45, 7) is 7.06. The zero-order valence-electron chi connectivity index (χ0n) is 21.4. The van der Waals surface area contributed by atoms with Crippen molar-refractivity contribution in [1.29, 1.82) is 0 Å². The Balaban J connectivity index is 1.35. The van der Waals surface area contributed by atoms with E-state index in [9.17, 15) is 14.3 Å². The van der Waals surface area contributed by atoms with Gasteiger partial charge < -0.3 is 20.5 Å². The third kappa shape index (κ3) is 4.80. The van der Waals surface area contributed by atoms with Crippen molar-refractivity contribution in [3.8, 4) is 5.75 Å². The summed E-state index contributed by atoms with van der Waals surface area (Å²) in [6.07, 6.45) is 2.35. The number of fused-ring (bicyclic) bond motifs is 2. The quantitative estimate of drug-likeness (QED) is 0.590. The Kier molecular flexibility index (Phi) is 7.13. The summed E-state index contributed by atoms with van der Waals surface area (Å²) in [7, 11) is 0. The van der Waals surface area contributed by atoms with Crippen molar-refractivity contribution < 1.29 is 19.0 Å². The van der Waals surface area contributed by atoms with E-state index in [1.54, 1.807) is 18.7 Å². The number of benzene rings is 1. The summed E-state index contributed by atoms with van der Waals surface area (Å²) in [5.41, 5.74) is 8.97.